The fourth-order valence-electron chi connectivity index (χ4n) is 1.70. The molecular weight excluding hydrogens is 172 g/mol. The van der Waals surface area contributed by atoms with Crippen LogP contribution in [0.5, 0.6) is 5.75 Å². The first-order valence-corrected chi connectivity index (χ1v) is 5.16. The van der Waals surface area contributed by atoms with E-state index in [1.54, 1.807) is 6.07 Å². The van der Waals surface area contributed by atoms with Crippen molar-refractivity contribution in [2.45, 2.75) is 46.0 Å². The van der Waals surface area contributed by atoms with Crippen molar-refractivity contribution in [1.82, 2.24) is 0 Å². The number of phenols is 1. The number of benzene rings is 1. The van der Waals surface area contributed by atoms with Crippen LogP contribution >= 0.6 is 0 Å². The zero-order chi connectivity index (χ0) is 10.9. The summed E-state index contributed by atoms with van der Waals surface area (Å²) in [7, 11) is 0. The molecule has 0 radical (unpaired) electrons. The predicted octanol–water partition coefficient (Wildman–Crippen LogP) is 3.81. The van der Waals surface area contributed by atoms with Gasteiger partial charge in [-0.3, -0.25) is 0 Å². The van der Waals surface area contributed by atoms with Crippen LogP contribution in [0.4, 0.5) is 0 Å². The van der Waals surface area contributed by atoms with Gasteiger partial charge in [-0.1, -0.05) is 40.7 Å². The molecule has 0 atom stereocenters. The predicted molar refractivity (Wildman–Crippen MR) is 60.9 cm³/mol. The van der Waals surface area contributed by atoms with E-state index in [1.165, 1.54) is 11.1 Å². The molecule has 0 saturated carbocycles. The Bertz CT molecular complexity index is 318. The van der Waals surface area contributed by atoms with Crippen molar-refractivity contribution in [2.75, 3.05) is 0 Å². The Morgan fingerprint density at radius 2 is 1.71 bits per heavy atom. The fraction of sp³-hybridized carbons (Fsp3) is 0.538. The van der Waals surface area contributed by atoms with E-state index >= 15 is 0 Å². The zero-order valence-electron chi connectivity index (χ0n) is 9.76. The summed E-state index contributed by atoms with van der Waals surface area (Å²) in [4.78, 5) is 0. The lowest BCUT2D eigenvalue weighted by Crippen LogP contribution is -2.14. The third-order valence-electron chi connectivity index (χ3n) is 2.47. The standard InChI is InChI=1S/C13H20O/c1-9(2)11-7-6-10(14)8-12(11)13(3,4)5/h6-9,14H,1-5H3. The van der Waals surface area contributed by atoms with Gasteiger partial charge in [0.1, 0.15) is 5.75 Å². The van der Waals surface area contributed by atoms with Crippen molar-refractivity contribution >= 4 is 0 Å². The van der Waals surface area contributed by atoms with E-state index in [4.69, 9.17) is 0 Å². The third-order valence-corrected chi connectivity index (χ3v) is 2.47. The SMILES string of the molecule is CC(C)c1ccc(O)cc1C(C)(C)C. The average molecular weight is 192 g/mol. The lowest BCUT2D eigenvalue weighted by molar-refractivity contribution is 0.469. The fourth-order valence-corrected chi connectivity index (χ4v) is 1.70. The third kappa shape index (κ3) is 2.28. The van der Waals surface area contributed by atoms with Crippen molar-refractivity contribution in [3.8, 4) is 5.75 Å². The molecule has 1 rings (SSSR count). The van der Waals surface area contributed by atoms with Crippen molar-refractivity contribution in [3.63, 3.8) is 0 Å². The number of phenolic OH excluding ortho intramolecular Hbond substituents is 1. The Kier molecular flexibility index (Phi) is 2.89. The summed E-state index contributed by atoms with van der Waals surface area (Å²) in [6.07, 6.45) is 0. The molecule has 0 aliphatic rings. The molecule has 1 aromatic rings. The van der Waals surface area contributed by atoms with Crippen LogP contribution in [0.15, 0.2) is 18.2 Å². The summed E-state index contributed by atoms with van der Waals surface area (Å²) >= 11 is 0. The first-order valence-electron chi connectivity index (χ1n) is 5.16. The lowest BCUT2D eigenvalue weighted by atomic mass is 9.80. The second-order valence-electron chi connectivity index (χ2n) is 5.18. The van der Waals surface area contributed by atoms with E-state index in [1.807, 2.05) is 12.1 Å². The highest BCUT2D eigenvalue weighted by molar-refractivity contribution is 5.40. The van der Waals surface area contributed by atoms with Crippen LogP contribution < -0.4 is 0 Å². The van der Waals surface area contributed by atoms with E-state index in [-0.39, 0.29) is 5.41 Å². The zero-order valence-corrected chi connectivity index (χ0v) is 9.76. The van der Waals surface area contributed by atoms with Gasteiger partial charge in [0.25, 0.3) is 0 Å². The van der Waals surface area contributed by atoms with Crippen LogP contribution in [0.3, 0.4) is 0 Å². The van der Waals surface area contributed by atoms with Crippen LogP contribution in [-0.2, 0) is 5.41 Å². The normalized spacial score (nSPS) is 12.1. The van der Waals surface area contributed by atoms with Crippen molar-refractivity contribution in [2.24, 2.45) is 0 Å². The maximum absolute atomic E-state index is 9.48. The van der Waals surface area contributed by atoms with E-state index < -0.39 is 0 Å². The van der Waals surface area contributed by atoms with Crippen LogP contribution in [-0.4, -0.2) is 5.11 Å². The highest BCUT2D eigenvalue weighted by Gasteiger charge is 2.19. The van der Waals surface area contributed by atoms with Gasteiger partial charge in [-0.25, -0.2) is 0 Å². The largest absolute Gasteiger partial charge is 0.508 e. The second kappa shape index (κ2) is 3.64. The summed E-state index contributed by atoms with van der Waals surface area (Å²) < 4.78 is 0. The Labute approximate surface area is 86.8 Å². The van der Waals surface area contributed by atoms with Crippen molar-refractivity contribution in [3.05, 3.63) is 29.3 Å². The van der Waals surface area contributed by atoms with Gasteiger partial charge in [0, 0.05) is 0 Å². The lowest BCUT2D eigenvalue weighted by Gasteiger charge is -2.24. The van der Waals surface area contributed by atoms with Crippen LogP contribution in [0.1, 0.15) is 51.7 Å². The number of hydrogen-bond donors (Lipinski definition) is 1. The molecule has 0 heterocycles. The van der Waals surface area contributed by atoms with Crippen molar-refractivity contribution < 1.29 is 5.11 Å². The van der Waals surface area contributed by atoms with Gasteiger partial charge < -0.3 is 5.11 Å². The molecule has 1 heteroatoms. The maximum Gasteiger partial charge on any atom is 0.115 e. The minimum atomic E-state index is 0.0956. The van der Waals surface area contributed by atoms with Gasteiger partial charge in [-0.2, -0.15) is 0 Å². The molecule has 0 spiro atoms. The monoisotopic (exact) mass is 192 g/mol. The second-order valence-corrected chi connectivity index (χ2v) is 5.18. The average Bonchev–Trinajstić information content (AvgIpc) is 2.01. The van der Waals surface area contributed by atoms with Gasteiger partial charge in [0.15, 0.2) is 0 Å². The number of hydrogen-bond acceptors (Lipinski definition) is 1. The highest BCUT2D eigenvalue weighted by Crippen LogP contribution is 2.32. The van der Waals surface area contributed by atoms with Crippen LogP contribution in [0, 0.1) is 0 Å². The summed E-state index contributed by atoms with van der Waals surface area (Å²) in [5, 5.41) is 9.48. The first-order chi connectivity index (χ1) is 6.32. The smallest absolute Gasteiger partial charge is 0.115 e. The molecule has 1 aromatic carbocycles. The van der Waals surface area contributed by atoms with Crippen molar-refractivity contribution in [1.29, 1.82) is 0 Å². The minimum Gasteiger partial charge on any atom is -0.508 e. The molecule has 0 amide bonds. The Balaban J connectivity index is 3.30. The van der Waals surface area contributed by atoms with Gasteiger partial charge in [-0.15, -0.1) is 0 Å². The van der Waals surface area contributed by atoms with Crippen LogP contribution in [0.25, 0.3) is 0 Å². The molecule has 0 fully saturated rings. The van der Waals surface area contributed by atoms with E-state index in [0.717, 1.165) is 0 Å². The highest BCUT2D eigenvalue weighted by atomic mass is 16.3. The van der Waals surface area contributed by atoms with E-state index in [9.17, 15) is 5.11 Å². The molecule has 1 N–H and O–H groups in total. The maximum atomic E-state index is 9.48. The molecular formula is C13H20O. The molecule has 0 aromatic heterocycles. The molecule has 0 aliphatic heterocycles. The molecule has 0 aliphatic carbocycles. The van der Waals surface area contributed by atoms with E-state index in [2.05, 4.69) is 34.6 Å². The molecule has 1 nitrogen and oxygen atoms in total. The summed E-state index contributed by atoms with van der Waals surface area (Å²) in [5.74, 6) is 0.865. The van der Waals surface area contributed by atoms with E-state index in [0.29, 0.717) is 11.7 Å². The van der Waals surface area contributed by atoms with Gasteiger partial charge >= 0.3 is 0 Å². The Hall–Kier alpha value is -0.980. The Morgan fingerprint density at radius 3 is 2.14 bits per heavy atom. The minimum absolute atomic E-state index is 0.0956. The molecule has 0 saturated heterocycles. The first kappa shape index (κ1) is 11.1. The topological polar surface area (TPSA) is 20.2 Å². The molecule has 0 unspecified atom stereocenters. The Morgan fingerprint density at radius 1 is 1.14 bits per heavy atom. The van der Waals surface area contributed by atoms with Gasteiger partial charge in [0.2, 0.25) is 0 Å². The van der Waals surface area contributed by atoms with Gasteiger partial charge in [-0.05, 0) is 34.6 Å². The van der Waals surface area contributed by atoms with Crippen LogP contribution in [0.2, 0.25) is 0 Å². The summed E-state index contributed by atoms with van der Waals surface area (Å²) in [6, 6.07) is 5.68. The molecule has 78 valence electrons. The quantitative estimate of drug-likeness (QED) is 0.717. The number of rotatable bonds is 1. The molecule has 14 heavy (non-hydrogen) atoms. The number of aromatic hydroxyl groups is 1. The van der Waals surface area contributed by atoms with Gasteiger partial charge in [0.05, 0.1) is 0 Å². The summed E-state index contributed by atoms with van der Waals surface area (Å²) in [5.41, 5.74) is 2.67. The molecule has 0 bridgehead atoms. The summed E-state index contributed by atoms with van der Waals surface area (Å²) in [6.45, 7) is 10.9.